The smallest absolute Gasteiger partial charge is 0.0708 e. The van der Waals surface area contributed by atoms with Crippen LogP contribution in [-0.2, 0) is 0 Å². The number of H-pyrrole nitrogens is 2. The third-order valence-corrected chi connectivity index (χ3v) is 7.90. The number of para-hydroxylation sites is 2. The summed E-state index contributed by atoms with van der Waals surface area (Å²) in [6.45, 7) is 0. The molecule has 0 bridgehead atoms. The summed E-state index contributed by atoms with van der Waals surface area (Å²) >= 11 is 0. The second-order valence-electron chi connectivity index (χ2n) is 10.2. The van der Waals surface area contributed by atoms with E-state index >= 15 is 0 Å². The van der Waals surface area contributed by atoms with E-state index < -0.39 is 0 Å². The monoisotopic (exact) mass is 526 g/mol. The van der Waals surface area contributed by atoms with Gasteiger partial charge in [0.05, 0.1) is 33.8 Å². The topological polar surface area (TPSA) is 47.7 Å². The van der Waals surface area contributed by atoms with Gasteiger partial charge in [0, 0.05) is 45.9 Å². The van der Waals surface area contributed by atoms with Gasteiger partial charge >= 0.3 is 0 Å². The second kappa shape index (κ2) is 9.54. The summed E-state index contributed by atoms with van der Waals surface area (Å²) in [5, 5.41) is 4.74. The number of benzene rings is 5. The van der Waals surface area contributed by atoms with Crippen molar-refractivity contribution in [2.24, 2.45) is 0 Å². The van der Waals surface area contributed by atoms with E-state index in [-0.39, 0.29) is 0 Å². The molecule has 3 heterocycles. The highest BCUT2D eigenvalue weighted by Crippen LogP contribution is 2.47. The molecule has 5 aromatic carbocycles. The summed E-state index contributed by atoms with van der Waals surface area (Å²) in [6, 6.07) is 45.0. The minimum atomic E-state index is 0.953. The van der Waals surface area contributed by atoms with E-state index in [0.717, 1.165) is 50.5 Å². The number of rotatable bonds is 5. The molecule has 41 heavy (non-hydrogen) atoms. The third-order valence-electron chi connectivity index (χ3n) is 7.90. The van der Waals surface area contributed by atoms with Crippen molar-refractivity contribution in [2.75, 3.05) is 4.90 Å². The molecule has 3 aromatic heterocycles. The Balaban J connectivity index is 1.47. The van der Waals surface area contributed by atoms with Gasteiger partial charge in [-0.15, -0.1) is 0 Å². The van der Waals surface area contributed by atoms with E-state index in [4.69, 9.17) is 4.98 Å². The zero-order chi connectivity index (χ0) is 27.2. The molecule has 0 unspecified atom stereocenters. The highest BCUT2D eigenvalue weighted by molar-refractivity contribution is 6.15. The van der Waals surface area contributed by atoms with Crippen molar-refractivity contribution < 1.29 is 0 Å². The lowest BCUT2D eigenvalue weighted by atomic mass is 9.94. The standard InChI is InChI=1S/C37H26N4/c1-2-12-29(31-14-5-6-22-38-31)28(11-1)30-13-3-4-15-32(30)41(34-17-8-10-26-20-23-39-36(26)34)33-16-7-9-25-18-19-27-21-24-40-37(27)35(25)33/h1-24,39-40H. The molecule has 8 rings (SSSR count). The summed E-state index contributed by atoms with van der Waals surface area (Å²) < 4.78 is 0. The van der Waals surface area contributed by atoms with Gasteiger partial charge in [-0.3, -0.25) is 4.98 Å². The molecule has 0 aliphatic heterocycles. The molecule has 0 atom stereocenters. The number of nitrogens with zero attached hydrogens (tertiary/aromatic N) is 2. The van der Waals surface area contributed by atoms with Crippen molar-refractivity contribution in [3.05, 3.63) is 146 Å². The maximum Gasteiger partial charge on any atom is 0.0708 e. The van der Waals surface area contributed by atoms with Crippen LogP contribution >= 0.6 is 0 Å². The van der Waals surface area contributed by atoms with Crippen LogP contribution in [0.15, 0.2) is 146 Å². The maximum absolute atomic E-state index is 4.71. The lowest BCUT2D eigenvalue weighted by Gasteiger charge is -2.30. The molecule has 0 saturated heterocycles. The van der Waals surface area contributed by atoms with Crippen LogP contribution in [0, 0.1) is 0 Å². The van der Waals surface area contributed by atoms with Crippen LogP contribution in [0.3, 0.4) is 0 Å². The van der Waals surface area contributed by atoms with E-state index in [1.807, 2.05) is 30.7 Å². The number of hydrogen-bond donors (Lipinski definition) is 2. The number of aromatic nitrogens is 3. The zero-order valence-corrected chi connectivity index (χ0v) is 22.3. The zero-order valence-electron chi connectivity index (χ0n) is 22.3. The molecule has 194 valence electrons. The van der Waals surface area contributed by atoms with Gasteiger partial charge in [0.25, 0.3) is 0 Å². The highest BCUT2D eigenvalue weighted by atomic mass is 15.2. The van der Waals surface area contributed by atoms with E-state index in [9.17, 15) is 0 Å². The van der Waals surface area contributed by atoms with Crippen molar-refractivity contribution in [1.82, 2.24) is 15.0 Å². The van der Waals surface area contributed by atoms with Gasteiger partial charge in [0.1, 0.15) is 0 Å². The van der Waals surface area contributed by atoms with Crippen molar-refractivity contribution in [3.63, 3.8) is 0 Å². The Morgan fingerprint density at radius 3 is 1.90 bits per heavy atom. The third kappa shape index (κ3) is 3.80. The number of nitrogens with one attached hydrogen (secondary N) is 2. The molecule has 4 heteroatoms. The average Bonchev–Trinajstić information content (AvgIpc) is 3.72. The fourth-order valence-electron chi connectivity index (χ4n) is 6.08. The molecule has 0 aliphatic rings. The Morgan fingerprint density at radius 2 is 1.07 bits per heavy atom. The largest absolute Gasteiger partial charge is 0.361 e. The summed E-state index contributed by atoms with van der Waals surface area (Å²) in [5.74, 6) is 0. The number of pyridine rings is 1. The van der Waals surface area contributed by atoms with E-state index in [2.05, 4.69) is 130 Å². The molecular formula is C37H26N4. The van der Waals surface area contributed by atoms with Crippen LogP contribution in [0.5, 0.6) is 0 Å². The summed E-state index contributed by atoms with van der Waals surface area (Å²) in [7, 11) is 0. The molecule has 0 radical (unpaired) electrons. The van der Waals surface area contributed by atoms with E-state index in [1.54, 1.807) is 0 Å². The number of hydrogen-bond acceptors (Lipinski definition) is 2. The van der Waals surface area contributed by atoms with E-state index in [0.29, 0.717) is 0 Å². The summed E-state index contributed by atoms with van der Waals surface area (Å²) in [4.78, 5) is 14.2. The Hall–Kier alpha value is -5.61. The van der Waals surface area contributed by atoms with Crippen LogP contribution in [0.4, 0.5) is 17.1 Å². The Kier molecular flexibility index (Phi) is 5.42. The quantitative estimate of drug-likeness (QED) is 0.234. The first-order chi connectivity index (χ1) is 20.4. The molecule has 0 amide bonds. The molecular weight excluding hydrogens is 500 g/mol. The van der Waals surface area contributed by atoms with Gasteiger partial charge in [-0.25, -0.2) is 0 Å². The average molecular weight is 527 g/mol. The maximum atomic E-state index is 4.71. The minimum absolute atomic E-state index is 0.953. The number of aromatic amines is 2. The lowest BCUT2D eigenvalue weighted by Crippen LogP contribution is -2.12. The molecule has 8 aromatic rings. The van der Waals surface area contributed by atoms with Crippen molar-refractivity contribution >= 4 is 49.6 Å². The predicted molar refractivity (Wildman–Crippen MR) is 171 cm³/mol. The predicted octanol–water partition coefficient (Wildman–Crippen LogP) is 10.0. The normalized spacial score (nSPS) is 11.4. The van der Waals surface area contributed by atoms with Gasteiger partial charge in [0.15, 0.2) is 0 Å². The van der Waals surface area contributed by atoms with Crippen molar-refractivity contribution in [2.45, 2.75) is 0 Å². The first kappa shape index (κ1) is 23.3. The summed E-state index contributed by atoms with van der Waals surface area (Å²) in [6.07, 6.45) is 5.89. The van der Waals surface area contributed by atoms with Gasteiger partial charge in [0.2, 0.25) is 0 Å². The van der Waals surface area contributed by atoms with Crippen LogP contribution < -0.4 is 4.90 Å². The Morgan fingerprint density at radius 1 is 0.439 bits per heavy atom. The Labute approximate surface area is 237 Å². The fourth-order valence-corrected chi connectivity index (χ4v) is 6.08. The van der Waals surface area contributed by atoms with Gasteiger partial charge < -0.3 is 14.9 Å². The first-order valence-corrected chi connectivity index (χ1v) is 13.8. The lowest BCUT2D eigenvalue weighted by molar-refractivity contribution is 1.29. The van der Waals surface area contributed by atoms with Crippen molar-refractivity contribution in [3.8, 4) is 22.4 Å². The molecule has 2 N–H and O–H groups in total. The molecule has 0 aliphatic carbocycles. The SMILES string of the molecule is c1ccc(-c2ccccc2-c2ccccc2N(c2cccc3cc[nH]c23)c2cccc3ccc4cc[nH]c4c23)nc1. The fraction of sp³-hybridized carbons (Fsp3) is 0. The molecule has 0 saturated carbocycles. The minimum Gasteiger partial charge on any atom is -0.361 e. The van der Waals surface area contributed by atoms with Gasteiger partial charge in [-0.05, 0) is 53.4 Å². The van der Waals surface area contributed by atoms with E-state index in [1.165, 1.54) is 21.5 Å². The highest BCUT2D eigenvalue weighted by Gasteiger charge is 2.23. The summed E-state index contributed by atoms with van der Waals surface area (Å²) in [5.41, 5.74) is 9.84. The van der Waals surface area contributed by atoms with Crippen LogP contribution in [-0.4, -0.2) is 15.0 Å². The van der Waals surface area contributed by atoms with Gasteiger partial charge in [-0.2, -0.15) is 0 Å². The van der Waals surface area contributed by atoms with Crippen molar-refractivity contribution in [1.29, 1.82) is 0 Å². The number of anilines is 3. The Bertz CT molecular complexity index is 2170. The molecule has 4 nitrogen and oxygen atoms in total. The van der Waals surface area contributed by atoms with Gasteiger partial charge in [-0.1, -0.05) is 84.9 Å². The second-order valence-corrected chi connectivity index (χ2v) is 10.2. The van der Waals surface area contributed by atoms with Crippen LogP contribution in [0.25, 0.3) is 55.0 Å². The van der Waals surface area contributed by atoms with Crippen LogP contribution in [0.2, 0.25) is 0 Å². The molecule has 0 spiro atoms. The number of fused-ring (bicyclic) bond motifs is 4. The van der Waals surface area contributed by atoms with Crippen LogP contribution in [0.1, 0.15) is 0 Å². The first-order valence-electron chi connectivity index (χ1n) is 13.8. The molecule has 0 fully saturated rings.